The molecule has 2 aliphatic rings. The van der Waals surface area contributed by atoms with Gasteiger partial charge in [0.2, 0.25) is 5.75 Å². The molecule has 4 rings (SSSR count). The number of amides is 1. The van der Waals surface area contributed by atoms with Gasteiger partial charge in [0.15, 0.2) is 11.5 Å². The number of para-hydroxylation sites is 1. The minimum Gasteiger partial charge on any atom is -0.493 e. The predicted octanol–water partition coefficient (Wildman–Crippen LogP) is 3.83. The van der Waals surface area contributed by atoms with Crippen LogP contribution in [0.3, 0.4) is 0 Å². The van der Waals surface area contributed by atoms with Crippen LogP contribution in [0.25, 0.3) is 0 Å². The molecule has 0 spiro atoms. The van der Waals surface area contributed by atoms with Crippen LogP contribution in [0.5, 0.6) is 17.2 Å². The highest BCUT2D eigenvalue weighted by atomic mass is 16.6. The minimum absolute atomic E-state index is 0.0255. The van der Waals surface area contributed by atoms with Gasteiger partial charge in [-0.3, -0.25) is 4.79 Å². The van der Waals surface area contributed by atoms with Crippen LogP contribution < -0.4 is 19.5 Å². The summed E-state index contributed by atoms with van der Waals surface area (Å²) in [5.74, 6) is 1.90. The summed E-state index contributed by atoms with van der Waals surface area (Å²) in [5.41, 5.74) is 2.43. The van der Waals surface area contributed by atoms with Crippen molar-refractivity contribution in [2.24, 2.45) is 0 Å². The lowest BCUT2D eigenvalue weighted by molar-refractivity contribution is 0.0592. The van der Waals surface area contributed by atoms with Crippen molar-refractivity contribution in [3.63, 3.8) is 0 Å². The van der Waals surface area contributed by atoms with Crippen LogP contribution >= 0.6 is 0 Å². The van der Waals surface area contributed by atoms with Gasteiger partial charge >= 0.3 is 0 Å². The molecular weight excluding hydrogens is 344 g/mol. The quantitative estimate of drug-likeness (QED) is 0.889. The summed E-state index contributed by atoms with van der Waals surface area (Å²) in [6.45, 7) is 5.14. The van der Waals surface area contributed by atoms with E-state index < -0.39 is 0 Å². The fraction of sp³-hybridized carbons (Fsp3) is 0.381. The number of benzene rings is 2. The largest absolute Gasteiger partial charge is 0.493 e. The zero-order valence-electron chi connectivity index (χ0n) is 15.8. The Hall–Kier alpha value is -2.89. The van der Waals surface area contributed by atoms with Crippen molar-refractivity contribution >= 4 is 11.6 Å². The minimum atomic E-state index is -0.313. The summed E-state index contributed by atoms with van der Waals surface area (Å²) >= 11 is 0. The van der Waals surface area contributed by atoms with Crippen molar-refractivity contribution in [2.45, 2.75) is 32.5 Å². The maximum absolute atomic E-state index is 13.2. The third-order valence-corrected chi connectivity index (χ3v) is 5.19. The maximum Gasteiger partial charge on any atom is 0.258 e. The zero-order chi connectivity index (χ0) is 19.0. The second-order valence-corrected chi connectivity index (χ2v) is 6.81. The molecule has 6 nitrogen and oxygen atoms in total. The van der Waals surface area contributed by atoms with Gasteiger partial charge in [0.25, 0.3) is 5.91 Å². The second-order valence-electron chi connectivity index (χ2n) is 6.81. The molecule has 0 bridgehead atoms. The van der Waals surface area contributed by atoms with Crippen molar-refractivity contribution in [1.82, 2.24) is 4.90 Å². The lowest BCUT2D eigenvalue weighted by Crippen LogP contribution is -2.47. The summed E-state index contributed by atoms with van der Waals surface area (Å²) < 4.78 is 17.0. The highest BCUT2D eigenvalue weighted by Gasteiger charge is 2.36. The summed E-state index contributed by atoms with van der Waals surface area (Å²) in [6.07, 6.45) is 0.542. The van der Waals surface area contributed by atoms with E-state index in [4.69, 9.17) is 14.2 Å². The number of fused-ring (bicyclic) bond motifs is 2. The van der Waals surface area contributed by atoms with Crippen LogP contribution in [-0.2, 0) is 0 Å². The van der Waals surface area contributed by atoms with Gasteiger partial charge in [-0.15, -0.1) is 0 Å². The van der Waals surface area contributed by atoms with Crippen molar-refractivity contribution in [3.05, 3.63) is 47.5 Å². The molecular formula is C21H24N2O4. The number of nitrogens with zero attached hydrogens (tertiary/aromatic N) is 1. The van der Waals surface area contributed by atoms with E-state index in [1.165, 1.54) is 0 Å². The monoisotopic (exact) mass is 368 g/mol. The normalized spacial score (nSPS) is 19.1. The van der Waals surface area contributed by atoms with Gasteiger partial charge in [-0.1, -0.05) is 19.1 Å². The summed E-state index contributed by atoms with van der Waals surface area (Å²) in [4.78, 5) is 15.1. The highest BCUT2D eigenvalue weighted by Crippen LogP contribution is 2.44. The van der Waals surface area contributed by atoms with E-state index in [1.807, 2.05) is 41.3 Å². The van der Waals surface area contributed by atoms with Crippen molar-refractivity contribution < 1.29 is 19.0 Å². The van der Waals surface area contributed by atoms with Gasteiger partial charge in [0, 0.05) is 17.3 Å². The average Bonchev–Trinajstić information content (AvgIpc) is 2.72. The Morgan fingerprint density at radius 1 is 1.26 bits per heavy atom. The number of carbonyl (C=O) groups excluding carboxylic acids is 1. The molecule has 2 aromatic carbocycles. The number of ether oxygens (including phenoxy) is 3. The molecule has 6 heteroatoms. The third kappa shape index (κ3) is 2.95. The van der Waals surface area contributed by atoms with Crippen LogP contribution in [-0.4, -0.2) is 37.2 Å². The van der Waals surface area contributed by atoms with E-state index in [2.05, 4.69) is 19.2 Å². The van der Waals surface area contributed by atoms with Gasteiger partial charge in [0.1, 0.15) is 19.4 Å². The molecule has 0 radical (unpaired) electrons. The first-order valence-corrected chi connectivity index (χ1v) is 9.29. The van der Waals surface area contributed by atoms with Crippen LogP contribution in [0.15, 0.2) is 36.4 Å². The van der Waals surface area contributed by atoms with Gasteiger partial charge < -0.3 is 24.4 Å². The number of anilines is 1. The van der Waals surface area contributed by atoms with E-state index in [1.54, 1.807) is 7.11 Å². The number of nitrogens with one attached hydrogen (secondary N) is 1. The summed E-state index contributed by atoms with van der Waals surface area (Å²) in [5, 5.41) is 3.52. The molecule has 2 aromatic rings. The topological polar surface area (TPSA) is 60.0 Å². The molecule has 0 saturated carbocycles. The zero-order valence-corrected chi connectivity index (χ0v) is 15.8. The molecule has 2 aliphatic heterocycles. The smallest absolute Gasteiger partial charge is 0.258 e. The standard InChI is InChI=1S/C21H24N2O4/c1-4-13(2)23-20(22-16-8-6-5-7-15(16)21(23)24)14-11-17(25-3)19-18(12-14)26-9-10-27-19/h5-8,11-13,20,22H,4,9-10H2,1-3H3/t13-,20-/m0/s1. The number of rotatable bonds is 4. The summed E-state index contributed by atoms with van der Waals surface area (Å²) in [7, 11) is 1.61. The number of methoxy groups -OCH3 is 1. The molecule has 142 valence electrons. The van der Waals surface area contributed by atoms with Gasteiger partial charge in [-0.2, -0.15) is 0 Å². The second kappa shape index (κ2) is 7.02. The van der Waals surface area contributed by atoms with Gasteiger partial charge in [-0.05, 0) is 37.6 Å². The molecule has 0 saturated heterocycles. The first kappa shape index (κ1) is 17.5. The van der Waals surface area contributed by atoms with E-state index >= 15 is 0 Å². The van der Waals surface area contributed by atoms with E-state index in [0.717, 1.165) is 17.7 Å². The fourth-order valence-electron chi connectivity index (χ4n) is 3.62. The molecule has 2 heterocycles. The van der Waals surface area contributed by atoms with E-state index in [9.17, 15) is 4.79 Å². The Kier molecular flexibility index (Phi) is 4.56. The Morgan fingerprint density at radius 2 is 2.04 bits per heavy atom. The van der Waals surface area contributed by atoms with Crippen LogP contribution in [0.4, 0.5) is 5.69 Å². The Morgan fingerprint density at radius 3 is 2.81 bits per heavy atom. The van der Waals surface area contributed by atoms with Crippen LogP contribution in [0.2, 0.25) is 0 Å². The molecule has 2 atom stereocenters. The van der Waals surface area contributed by atoms with Gasteiger partial charge in [0.05, 0.1) is 12.7 Å². The average molecular weight is 368 g/mol. The number of hydrogen-bond acceptors (Lipinski definition) is 5. The lowest BCUT2D eigenvalue weighted by Gasteiger charge is -2.41. The van der Waals surface area contributed by atoms with E-state index in [0.29, 0.717) is 36.0 Å². The van der Waals surface area contributed by atoms with Crippen molar-refractivity contribution in [2.75, 3.05) is 25.6 Å². The molecule has 0 unspecified atom stereocenters. The molecule has 27 heavy (non-hydrogen) atoms. The first-order chi connectivity index (χ1) is 13.1. The highest BCUT2D eigenvalue weighted by molar-refractivity contribution is 6.01. The Bertz CT molecular complexity index is 850. The molecule has 0 aromatic heterocycles. The fourth-order valence-corrected chi connectivity index (χ4v) is 3.62. The van der Waals surface area contributed by atoms with Gasteiger partial charge in [-0.25, -0.2) is 0 Å². The third-order valence-electron chi connectivity index (χ3n) is 5.19. The van der Waals surface area contributed by atoms with Crippen LogP contribution in [0.1, 0.15) is 42.4 Å². The summed E-state index contributed by atoms with van der Waals surface area (Å²) in [6, 6.07) is 11.5. The molecule has 0 aliphatic carbocycles. The first-order valence-electron chi connectivity index (χ1n) is 9.29. The number of hydrogen-bond donors (Lipinski definition) is 1. The Labute approximate surface area is 159 Å². The van der Waals surface area contributed by atoms with Crippen molar-refractivity contribution in [1.29, 1.82) is 0 Å². The maximum atomic E-state index is 13.2. The molecule has 0 fully saturated rings. The predicted molar refractivity (Wildman–Crippen MR) is 103 cm³/mol. The lowest BCUT2D eigenvalue weighted by atomic mass is 10.00. The van der Waals surface area contributed by atoms with Crippen LogP contribution in [0, 0.1) is 0 Å². The van der Waals surface area contributed by atoms with E-state index in [-0.39, 0.29) is 18.1 Å². The number of carbonyl (C=O) groups is 1. The van der Waals surface area contributed by atoms with Crippen molar-refractivity contribution in [3.8, 4) is 17.2 Å². The SMILES string of the molecule is CC[C@H](C)N1C(=O)c2ccccc2N[C@@H]1c1cc(OC)c2c(c1)OCCO2. The molecule has 1 N–H and O–H groups in total. The molecule has 1 amide bonds. The Balaban J connectivity index is 1.82.